The third kappa shape index (κ3) is 3.39. The Bertz CT molecular complexity index is 874. The molecule has 1 fully saturated rings. The van der Waals surface area contributed by atoms with Crippen molar-refractivity contribution in [3.05, 3.63) is 70.6 Å². The van der Waals surface area contributed by atoms with Crippen LogP contribution in [0.4, 0.5) is 0 Å². The number of hydrogen-bond acceptors (Lipinski definition) is 3. The van der Waals surface area contributed by atoms with Crippen LogP contribution in [0.5, 0.6) is 0 Å². The zero-order valence-corrected chi connectivity index (χ0v) is 15.7. The van der Waals surface area contributed by atoms with Crippen LogP contribution in [0.1, 0.15) is 34.9 Å². The number of fused-ring (bicyclic) bond motifs is 1. The molecule has 1 N–H and O–H groups in total. The molecule has 2 aromatic carbocycles. The molecule has 0 amide bonds. The van der Waals surface area contributed by atoms with Crippen molar-refractivity contribution in [2.24, 2.45) is 5.92 Å². The number of carboxylic acid groups (broad SMARTS) is 1. The summed E-state index contributed by atoms with van der Waals surface area (Å²) in [5, 5.41) is 10.6. The van der Waals surface area contributed by atoms with Crippen LogP contribution < -0.4 is 0 Å². The highest BCUT2D eigenvalue weighted by atomic mass is 32.1. The first kappa shape index (κ1) is 17.3. The van der Waals surface area contributed by atoms with E-state index in [2.05, 4.69) is 66.4 Å². The number of carbonyl (C=O) groups is 1. The summed E-state index contributed by atoms with van der Waals surface area (Å²) in [6.07, 6.45) is 1.45. The van der Waals surface area contributed by atoms with Crippen molar-refractivity contribution >= 4 is 27.4 Å². The minimum Gasteiger partial charge on any atom is -0.481 e. The molecule has 2 heterocycles. The fraction of sp³-hybridized carbons (Fsp3) is 0.318. The van der Waals surface area contributed by atoms with Gasteiger partial charge in [-0.05, 0) is 55.9 Å². The first-order valence-corrected chi connectivity index (χ1v) is 9.95. The number of nitrogens with zero attached hydrogens (tertiary/aromatic N) is 1. The van der Waals surface area contributed by atoms with Gasteiger partial charge in [-0.3, -0.25) is 9.69 Å². The SMILES string of the molecule is Cc1ccc(C(c2cc3ccccc3s2)N2CCC(C(=O)O)CC2)cc1. The van der Waals surface area contributed by atoms with Gasteiger partial charge in [0, 0.05) is 9.58 Å². The van der Waals surface area contributed by atoms with E-state index in [0.717, 1.165) is 25.9 Å². The van der Waals surface area contributed by atoms with Gasteiger partial charge in [-0.1, -0.05) is 48.0 Å². The van der Waals surface area contributed by atoms with Crippen molar-refractivity contribution in [1.29, 1.82) is 0 Å². The topological polar surface area (TPSA) is 40.5 Å². The molecule has 0 aliphatic carbocycles. The number of aryl methyl sites for hydroxylation is 1. The highest BCUT2D eigenvalue weighted by Gasteiger charge is 2.31. The Hall–Kier alpha value is -2.17. The lowest BCUT2D eigenvalue weighted by molar-refractivity contribution is -0.143. The predicted octanol–water partition coefficient (Wildman–Crippen LogP) is 5.10. The molecular weight excluding hydrogens is 342 g/mol. The molecule has 1 atom stereocenters. The van der Waals surface area contributed by atoms with Gasteiger partial charge in [0.1, 0.15) is 0 Å². The van der Waals surface area contributed by atoms with Crippen molar-refractivity contribution in [1.82, 2.24) is 4.90 Å². The van der Waals surface area contributed by atoms with E-state index in [9.17, 15) is 9.90 Å². The van der Waals surface area contributed by atoms with Crippen LogP contribution in [0.15, 0.2) is 54.6 Å². The van der Waals surface area contributed by atoms with Gasteiger partial charge in [-0.15, -0.1) is 11.3 Å². The standard InChI is InChI=1S/C22H23NO2S/c1-15-6-8-16(9-7-15)21(23-12-10-17(11-13-23)22(24)25)20-14-18-4-2-3-5-19(18)26-20/h2-9,14,17,21H,10-13H2,1H3,(H,24,25). The lowest BCUT2D eigenvalue weighted by Gasteiger charge is -2.36. The quantitative estimate of drug-likeness (QED) is 0.699. The summed E-state index contributed by atoms with van der Waals surface area (Å²) >= 11 is 1.85. The highest BCUT2D eigenvalue weighted by Crippen LogP contribution is 2.38. The smallest absolute Gasteiger partial charge is 0.306 e. The summed E-state index contributed by atoms with van der Waals surface area (Å²) in [5.41, 5.74) is 2.55. The van der Waals surface area contributed by atoms with Crippen LogP contribution in [-0.4, -0.2) is 29.1 Å². The molecule has 4 heteroatoms. The molecule has 0 radical (unpaired) electrons. The number of piperidine rings is 1. The third-order valence-corrected chi connectivity index (χ3v) is 6.52. The van der Waals surface area contributed by atoms with Crippen LogP contribution in [0.3, 0.4) is 0 Å². The second-order valence-corrected chi connectivity index (χ2v) is 8.26. The van der Waals surface area contributed by atoms with E-state index in [4.69, 9.17) is 0 Å². The second kappa shape index (κ2) is 7.22. The fourth-order valence-electron chi connectivity index (χ4n) is 3.85. The number of thiophene rings is 1. The molecule has 0 spiro atoms. The normalized spacial score (nSPS) is 17.4. The minimum atomic E-state index is -0.654. The third-order valence-electron chi connectivity index (χ3n) is 5.35. The maximum absolute atomic E-state index is 11.3. The minimum absolute atomic E-state index is 0.197. The fourth-order valence-corrected chi connectivity index (χ4v) is 5.07. The average Bonchev–Trinajstić information content (AvgIpc) is 3.07. The Balaban J connectivity index is 1.70. The molecule has 1 aliphatic rings. The molecule has 1 unspecified atom stereocenters. The maximum atomic E-state index is 11.3. The molecule has 4 rings (SSSR count). The van der Waals surface area contributed by atoms with Crippen LogP contribution in [-0.2, 0) is 4.79 Å². The predicted molar refractivity (Wildman–Crippen MR) is 107 cm³/mol. The maximum Gasteiger partial charge on any atom is 0.306 e. The van der Waals surface area contributed by atoms with Crippen molar-refractivity contribution in [2.75, 3.05) is 13.1 Å². The Kier molecular flexibility index (Phi) is 4.79. The van der Waals surface area contributed by atoms with E-state index in [-0.39, 0.29) is 12.0 Å². The zero-order chi connectivity index (χ0) is 18.1. The molecule has 3 aromatic rings. The van der Waals surface area contributed by atoms with E-state index in [1.54, 1.807) is 0 Å². The summed E-state index contributed by atoms with van der Waals surface area (Å²) in [6.45, 7) is 3.75. The molecule has 3 nitrogen and oxygen atoms in total. The van der Waals surface area contributed by atoms with E-state index < -0.39 is 5.97 Å². The molecular formula is C22H23NO2S. The van der Waals surface area contributed by atoms with Crippen LogP contribution >= 0.6 is 11.3 Å². The second-order valence-electron chi connectivity index (χ2n) is 7.15. The monoisotopic (exact) mass is 365 g/mol. The summed E-state index contributed by atoms with van der Waals surface area (Å²) in [6, 6.07) is 19.8. The first-order chi connectivity index (χ1) is 12.6. The Morgan fingerprint density at radius 1 is 1.12 bits per heavy atom. The van der Waals surface area contributed by atoms with Crippen molar-refractivity contribution in [2.45, 2.75) is 25.8 Å². The summed E-state index contributed by atoms with van der Waals surface area (Å²) in [7, 11) is 0. The largest absolute Gasteiger partial charge is 0.481 e. The van der Waals surface area contributed by atoms with Crippen LogP contribution in [0.2, 0.25) is 0 Å². The Morgan fingerprint density at radius 3 is 2.46 bits per heavy atom. The highest BCUT2D eigenvalue weighted by molar-refractivity contribution is 7.19. The summed E-state index contributed by atoms with van der Waals surface area (Å²) in [5.74, 6) is -0.856. The average molecular weight is 365 g/mol. The molecule has 134 valence electrons. The van der Waals surface area contributed by atoms with Crippen LogP contribution in [0.25, 0.3) is 10.1 Å². The molecule has 0 saturated carbocycles. The van der Waals surface area contributed by atoms with Gasteiger partial charge in [-0.25, -0.2) is 0 Å². The van der Waals surface area contributed by atoms with E-state index in [1.807, 2.05) is 11.3 Å². The molecule has 0 bridgehead atoms. The van der Waals surface area contributed by atoms with E-state index in [1.165, 1.54) is 26.1 Å². The number of hydrogen-bond donors (Lipinski definition) is 1. The van der Waals surface area contributed by atoms with E-state index in [0.29, 0.717) is 0 Å². The van der Waals surface area contributed by atoms with Gasteiger partial charge in [0.2, 0.25) is 0 Å². The number of aliphatic carboxylic acids is 1. The lowest BCUT2D eigenvalue weighted by atomic mass is 9.93. The molecule has 26 heavy (non-hydrogen) atoms. The Labute approximate surface area is 157 Å². The van der Waals surface area contributed by atoms with Gasteiger partial charge >= 0.3 is 5.97 Å². The number of rotatable bonds is 4. The van der Waals surface area contributed by atoms with Crippen molar-refractivity contribution in [3.63, 3.8) is 0 Å². The zero-order valence-electron chi connectivity index (χ0n) is 14.9. The molecule has 1 aliphatic heterocycles. The number of benzene rings is 2. The van der Waals surface area contributed by atoms with Gasteiger partial charge in [0.05, 0.1) is 12.0 Å². The molecule has 1 aromatic heterocycles. The van der Waals surface area contributed by atoms with Gasteiger partial charge in [0.25, 0.3) is 0 Å². The van der Waals surface area contributed by atoms with Gasteiger partial charge in [-0.2, -0.15) is 0 Å². The van der Waals surface area contributed by atoms with Crippen molar-refractivity contribution in [3.8, 4) is 0 Å². The van der Waals surface area contributed by atoms with E-state index >= 15 is 0 Å². The molecule has 1 saturated heterocycles. The Morgan fingerprint density at radius 2 is 1.81 bits per heavy atom. The number of likely N-dealkylation sites (tertiary alicyclic amines) is 1. The lowest BCUT2D eigenvalue weighted by Crippen LogP contribution is -2.39. The summed E-state index contributed by atoms with van der Waals surface area (Å²) in [4.78, 5) is 15.1. The van der Waals surface area contributed by atoms with Crippen molar-refractivity contribution < 1.29 is 9.90 Å². The van der Waals surface area contributed by atoms with Gasteiger partial charge in [0.15, 0.2) is 0 Å². The summed E-state index contributed by atoms with van der Waals surface area (Å²) < 4.78 is 1.31. The van der Waals surface area contributed by atoms with Crippen LogP contribution in [0, 0.1) is 12.8 Å². The van der Waals surface area contributed by atoms with Gasteiger partial charge < -0.3 is 5.11 Å². The number of carboxylic acids is 1. The first-order valence-electron chi connectivity index (χ1n) is 9.14.